The molecule has 0 aromatic heterocycles. The molecule has 0 unspecified atom stereocenters. The zero-order chi connectivity index (χ0) is 8.84. The van der Waals surface area contributed by atoms with Crippen molar-refractivity contribution in [3.63, 3.8) is 0 Å². The van der Waals surface area contributed by atoms with Crippen LogP contribution in [0.3, 0.4) is 0 Å². The van der Waals surface area contributed by atoms with E-state index in [4.69, 9.17) is 0 Å². The fraction of sp³-hybridized carbons (Fsp3) is 0.455. The first-order valence-electron chi connectivity index (χ1n) is 4.98. The van der Waals surface area contributed by atoms with E-state index in [1.807, 2.05) is 0 Å². The van der Waals surface area contributed by atoms with Crippen LogP contribution in [0.4, 0.5) is 5.69 Å². The predicted molar refractivity (Wildman–Crippen MR) is 53.6 cm³/mol. The summed E-state index contributed by atoms with van der Waals surface area (Å²) >= 11 is 0. The van der Waals surface area contributed by atoms with Crippen LogP contribution in [-0.4, -0.2) is 12.1 Å². The third-order valence-corrected chi connectivity index (χ3v) is 3.06. The van der Waals surface area contributed by atoms with E-state index in [0.29, 0.717) is 12.1 Å². The summed E-state index contributed by atoms with van der Waals surface area (Å²) in [4.78, 5) is 0. The largest absolute Gasteiger partial charge is 0.304 e. The molecule has 13 heavy (non-hydrogen) atoms. The van der Waals surface area contributed by atoms with E-state index in [1.54, 1.807) is 0 Å². The number of hydrogen-bond donors (Lipinski definition) is 1. The van der Waals surface area contributed by atoms with E-state index < -0.39 is 0 Å². The minimum atomic E-state index is 0.637. The van der Waals surface area contributed by atoms with Gasteiger partial charge in [-0.3, -0.25) is 0 Å². The summed E-state index contributed by atoms with van der Waals surface area (Å²) in [5, 5.41) is 2.35. The van der Waals surface area contributed by atoms with Gasteiger partial charge >= 0.3 is 0 Å². The van der Waals surface area contributed by atoms with Gasteiger partial charge in [-0.2, -0.15) is 0 Å². The highest BCUT2D eigenvalue weighted by Gasteiger charge is 2.35. The molecule has 1 fully saturated rings. The van der Waals surface area contributed by atoms with E-state index in [0.717, 1.165) is 0 Å². The molecule has 2 aliphatic rings. The van der Waals surface area contributed by atoms with Gasteiger partial charge in [0.2, 0.25) is 0 Å². The lowest BCUT2D eigenvalue weighted by atomic mass is 10.1. The lowest BCUT2D eigenvalue weighted by Crippen LogP contribution is -2.36. The molecule has 2 atom stereocenters. The summed E-state index contributed by atoms with van der Waals surface area (Å²) in [6.45, 7) is 2.25. The maximum absolute atomic E-state index is 3.51. The van der Waals surface area contributed by atoms with E-state index in [2.05, 4.69) is 41.6 Å². The Morgan fingerprint density at radius 1 is 1.38 bits per heavy atom. The van der Waals surface area contributed by atoms with Gasteiger partial charge in [0.15, 0.2) is 0 Å². The number of anilines is 1. The third kappa shape index (κ3) is 0.985. The van der Waals surface area contributed by atoms with Gasteiger partial charge in [-0.05, 0) is 31.4 Å². The van der Waals surface area contributed by atoms with Gasteiger partial charge in [0.05, 0.1) is 11.7 Å². The van der Waals surface area contributed by atoms with Crippen LogP contribution in [0.2, 0.25) is 0 Å². The van der Waals surface area contributed by atoms with Gasteiger partial charge in [0, 0.05) is 6.04 Å². The van der Waals surface area contributed by atoms with E-state index >= 15 is 0 Å². The molecule has 1 aromatic rings. The lowest BCUT2D eigenvalue weighted by Gasteiger charge is -2.18. The number of hydrazine groups is 1. The van der Waals surface area contributed by atoms with E-state index in [1.165, 1.54) is 24.1 Å². The van der Waals surface area contributed by atoms with Crippen LogP contribution in [-0.2, 0) is 6.42 Å². The maximum Gasteiger partial charge on any atom is 0.0555 e. The second-order valence-corrected chi connectivity index (χ2v) is 4.12. The number of benzene rings is 1. The zero-order valence-electron chi connectivity index (χ0n) is 7.83. The van der Waals surface area contributed by atoms with Crippen molar-refractivity contribution >= 4 is 5.69 Å². The van der Waals surface area contributed by atoms with E-state index in [-0.39, 0.29) is 0 Å². The van der Waals surface area contributed by atoms with Crippen LogP contribution in [0.25, 0.3) is 0 Å². The summed E-state index contributed by atoms with van der Waals surface area (Å²) in [6, 6.07) is 10.0. The smallest absolute Gasteiger partial charge is 0.0555 e. The molecular weight excluding hydrogens is 160 g/mol. The van der Waals surface area contributed by atoms with Crippen molar-refractivity contribution in [1.82, 2.24) is 5.43 Å². The Kier molecular flexibility index (Phi) is 1.41. The third-order valence-electron chi connectivity index (χ3n) is 3.06. The van der Waals surface area contributed by atoms with E-state index in [9.17, 15) is 0 Å². The fourth-order valence-corrected chi connectivity index (χ4v) is 2.52. The van der Waals surface area contributed by atoms with Crippen molar-refractivity contribution in [2.45, 2.75) is 31.8 Å². The molecule has 1 aromatic carbocycles. The topological polar surface area (TPSA) is 15.3 Å². The Hall–Kier alpha value is -1.02. The quantitative estimate of drug-likeness (QED) is 0.644. The Labute approximate surface area is 78.5 Å². The summed E-state index contributed by atoms with van der Waals surface area (Å²) in [6.07, 6.45) is 2.49. The van der Waals surface area contributed by atoms with Gasteiger partial charge < -0.3 is 5.01 Å². The Morgan fingerprint density at radius 3 is 3.15 bits per heavy atom. The molecular formula is C11H14N2. The van der Waals surface area contributed by atoms with Crippen molar-refractivity contribution in [2.75, 3.05) is 5.01 Å². The SMILES string of the molecule is C[C@@H]1C[C@H]2Cc3ccccc3N2N1. The highest BCUT2D eigenvalue weighted by molar-refractivity contribution is 5.59. The first-order valence-corrected chi connectivity index (χ1v) is 4.98. The molecule has 2 nitrogen and oxygen atoms in total. The first-order chi connectivity index (χ1) is 6.34. The molecule has 2 heterocycles. The second-order valence-electron chi connectivity index (χ2n) is 4.12. The molecule has 0 aliphatic carbocycles. The fourth-order valence-electron chi connectivity index (χ4n) is 2.52. The lowest BCUT2D eigenvalue weighted by molar-refractivity contribution is 0.640. The highest BCUT2D eigenvalue weighted by Crippen LogP contribution is 2.35. The van der Waals surface area contributed by atoms with Gasteiger partial charge in [0.25, 0.3) is 0 Å². The number of para-hydroxylation sites is 1. The molecule has 0 bridgehead atoms. The predicted octanol–water partition coefficient (Wildman–Crippen LogP) is 1.71. The second kappa shape index (κ2) is 2.48. The van der Waals surface area contributed by atoms with Crippen LogP contribution < -0.4 is 10.4 Å². The number of fused-ring (bicyclic) bond motifs is 3. The molecule has 2 aliphatic heterocycles. The maximum atomic E-state index is 3.51. The van der Waals surface area contributed by atoms with Gasteiger partial charge in [-0.1, -0.05) is 18.2 Å². The molecule has 1 saturated heterocycles. The standard InChI is InChI=1S/C11H14N2/c1-8-6-10-7-9-4-2-3-5-11(9)13(10)12-8/h2-5,8,10,12H,6-7H2,1H3/t8-,10+/m1/s1. The molecule has 0 saturated carbocycles. The molecule has 0 spiro atoms. The summed E-state index contributed by atoms with van der Waals surface area (Å²) in [5.74, 6) is 0. The van der Waals surface area contributed by atoms with Crippen molar-refractivity contribution in [2.24, 2.45) is 0 Å². The van der Waals surface area contributed by atoms with Crippen molar-refractivity contribution in [1.29, 1.82) is 0 Å². The Morgan fingerprint density at radius 2 is 2.23 bits per heavy atom. The van der Waals surface area contributed by atoms with Crippen LogP contribution in [0.5, 0.6) is 0 Å². The summed E-state index contributed by atoms with van der Waals surface area (Å²) in [5.41, 5.74) is 6.38. The molecule has 0 amide bonds. The van der Waals surface area contributed by atoms with Gasteiger partial charge in [-0.15, -0.1) is 0 Å². The van der Waals surface area contributed by atoms with Crippen LogP contribution in [0.15, 0.2) is 24.3 Å². The highest BCUT2D eigenvalue weighted by atomic mass is 15.6. The molecule has 1 N–H and O–H groups in total. The van der Waals surface area contributed by atoms with Crippen molar-refractivity contribution in [3.05, 3.63) is 29.8 Å². The Bertz CT molecular complexity index is 335. The first kappa shape index (κ1) is 7.39. The number of hydrogen-bond acceptors (Lipinski definition) is 2. The average molecular weight is 174 g/mol. The molecule has 3 rings (SSSR count). The zero-order valence-corrected chi connectivity index (χ0v) is 7.83. The van der Waals surface area contributed by atoms with Crippen molar-refractivity contribution < 1.29 is 0 Å². The van der Waals surface area contributed by atoms with Crippen molar-refractivity contribution in [3.8, 4) is 0 Å². The monoisotopic (exact) mass is 174 g/mol. The number of nitrogens with one attached hydrogen (secondary N) is 1. The minimum absolute atomic E-state index is 0.637. The van der Waals surface area contributed by atoms with Gasteiger partial charge in [0.1, 0.15) is 0 Å². The number of rotatable bonds is 0. The summed E-state index contributed by atoms with van der Waals surface area (Å²) in [7, 11) is 0. The molecule has 2 heteroatoms. The van der Waals surface area contributed by atoms with Crippen LogP contribution in [0, 0.1) is 0 Å². The Balaban J connectivity index is 2.02. The van der Waals surface area contributed by atoms with Gasteiger partial charge in [-0.25, -0.2) is 5.43 Å². The molecule has 0 radical (unpaired) electrons. The van der Waals surface area contributed by atoms with Crippen LogP contribution >= 0.6 is 0 Å². The normalized spacial score (nSPS) is 30.4. The average Bonchev–Trinajstić information content (AvgIpc) is 2.60. The summed E-state index contributed by atoms with van der Waals surface area (Å²) < 4.78 is 0. The minimum Gasteiger partial charge on any atom is -0.304 e. The van der Waals surface area contributed by atoms with Crippen LogP contribution in [0.1, 0.15) is 18.9 Å². The molecule has 68 valence electrons. The number of nitrogens with zero attached hydrogens (tertiary/aromatic N) is 1.